The molecule has 2 heteroatoms. The van der Waals surface area contributed by atoms with Crippen molar-refractivity contribution in [3.63, 3.8) is 0 Å². The number of nitrogens with zero attached hydrogens (tertiary/aromatic N) is 1. The SMILES string of the molecule is c1ccc2c(c1)CCN(CC1CCNc3ccccc31)C2. The van der Waals surface area contributed by atoms with E-state index in [2.05, 4.69) is 58.7 Å². The van der Waals surface area contributed by atoms with Gasteiger partial charge in [0.15, 0.2) is 0 Å². The third-order valence-corrected chi connectivity index (χ3v) is 4.90. The molecule has 1 atom stereocenters. The van der Waals surface area contributed by atoms with E-state index in [1.54, 1.807) is 5.56 Å². The van der Waals surface area contributed by atoms with E-state index in [1.807, 2.05) is 0 Å². The van der Waals surface area contributed by atoms with E-state index in [9.17, 15) is 0 Å². The van der Waals surface area contributed by atoms with Gasteiger partial charge in [-0.2, -0.15) is 0 Å². The third-order valence-electron chi connectivity index (χ3n) is 4.90. The van der Waals surface area contributed by atoms with Gasteiger partial charge in [-0.05, 0) is 35.6 Å². The number of hydrogen-bond donors (Lipinski definition) is 1. The molecule has 2 aromatic rings. The van der Waals surface area contributed by atoms with Gasteiger partial charge in [0.25, 0.3) is 0 Å². The first kappa shape index (κ1) is 12.9. The number of benzene rings is 2. The lowest BCUT2D eigenvalue weighted by Crippen LogP contribution is -2.35. The van der Waals surface area contributed by atoms with Gasteiger partial charge in [0.05, 0.1) is 0 Å². The van der Waals surface area contributed by atoms with Gasteiger partial charge in [-0.1, -0.05) is 42.5 Å². The molecule has 0 bridgehead atoms. The topological polar surface area (TPSA) is 15.3 Å². The van der Waals surface area contributed by atoms with Crippen LogP contribution in [-0.2, 0) is 13.0 Å². The van der Waals surface area contributed by atoms with Crippen LogP contribution in [0.4, 0.5) is 5.69 Å². The van der Waals surface area contributed by atoms with Crippen molar-refractivity contribution in [3.05, 3.63) is 65.2 Å². The van der Waals surface area contributed by atoms with Gasteiger partial charge in [-0.3, -0.25) is 4.90 Å². The van der Waals surface area contributed by atoms with Crippen molar-refractivity contribution >= 4 is 5.69 Å². The number of para-hydroxylation sites is 1. The summed E-state index contributed by atoms with van der Waals surface area (Å²) >= 11 is 0. The van der Waals surface area contributed by atoms with Gasteiger partial charge in [-0.15, -0.1) is 0 Å². The van der Waals surface area contributed by atoms with E-state index >= 15 is 0 Å². The molecule has 0 saturated carbocycles. The minimum Gasteiger partial charge on any atom is -0.385 e. The Labute approximate surface area is 126 Å². The van der Waals surface area contributed by atoms with Crippen molar-refractivity contribution in [1.82, 2.24) is 4.90 Å². The second-order valence-corrected chi connectivity index (χ2v) is 6.25. The second-order valence-electron chi connectivity index (χ2n) is 6.25. The fourth-order valence-electron chi connectivity index (χ4n) is 3.76. The summed E-state index contributed by atoms with van der Waals surface area (Å²) in [5.74, 6) is 0.674. The van der Waals surface area contributed by atoms with Gasteiger partial charge in [0.2, 0.25) is 0 Å². The van der Waals surface area contributed by atoms with E-state index in [0.29, 0.717) is 5.92 Å². The lowest BCUT2D eigenvalue weighted by molar-refractivity contribution is 0.234. The fraction of sp³-hybridized carbons (Fsp3) is 0.368. The Kier molecular flexibility index (Phi) is 3.40. The molecule has 2 aromatic carbocycles. The lowest BCUT2D eigenvalue weighted by Gasteiger charge is -2.34. The first-order valence-corrected chi connectivity index (χ1v) is 8.02. The van der Waals surface area contributed by atoms with Crippen LogP contribution in [0.25, 0.3) is 0 Å². The Morgan fingerprint density at radius 3 is 2.76 bits per heavy atom. The molecule has 21 heavy (non-hydrogen) atoms. The molecule has 1 N–H and O–H groups in total. The molecule has 0 spiro atoms. The number of rotatable bonds is 2. The summed E-state index contributed by atoms with van der Waals surface area (Å²) in [7, 11) is 0. The summed E-state index contributed by atoms with van der Waals surface area (Å²) in [4.78, 5) is 2.63. The highest BCUT2D eigenvalue weighted by Gasteiger charge is 2.24. The summed E-state index contributed by atoms with van der Waals surface area (Å²) < 4.78 is 0. The molecule has 0 aromatic heterocycles. The molecule has 2 heterocycles. The van der Waals surface area contributed by atoms with Crippen molar-refractivity contribution in [2.24, 2.45) is 0 Å². The average molecular weight is 278 g/mol. The number of fused-ring (bicyclic) bond motifs is 2. The molecule has 2 aliphatic rings. The second kappa shape index (κ2) is 5.53. The van der Waals surface area contributed by atoms with Gasteiger partial charge < -0.3 is 5.32 Å². The van der Waals surface area contributed by atoms with Crippen LogP contribution in [0, 0.1) is 0 Å². The quantitative estimate of drug-likeness (QED) is 0.902. The summed E-state index contributed by atoms with van der Waals surface area (Å²) in [6.07, 6.45) is 2.44. The predicted octanol–water partition coefficient (Wildman–Crippen LogP) is 3.64. The normalized spacial score (nSPS) is 21.2. The van der Waals surface area contributed by atoms with Crippen molar-refractivity contribution in [3.8, 4) is 0 Å². The van der Waals surface area contributed by atoms with Crippen molar-refractivity contribution < 1.29 is 0 Å². The van der Waals surface area contributed by atoms with Gasteiger partial charge in [0, 0.05) is 37.8 Å². The average Bonchev–Trinajstić information content (AvgIpc) is 2.55. The highest BCUT2D eigenvalue weighted by molar-refractivity contribution is 5.54. The lowest BCUT2D eigenvalue weighted by atomic mass is 9.89. The Balaban J connectivity index is 1.51. The Morgan fingerprint density at radius 2 is 1.81 bits per heavy atom. The summed E-state index contributed by atoms with van der Waals surface area (Å²) in [6.45, 7) is 4.60. The van der Waals surface area contributed by atoms with Crippen LogP contribution in [-0.4, -0.2) is 24.5 Å². The van der Waals surface area contributed by atoms with E-state index in [1.165, 1.54) is 42.7 Å². The highest BCUT2D eigenvalue weighted by atomic mass is 15.1. The van der Waals surface area contributed by atoms with Crippen LogP contribution in [0.2, 0.25) is 0 Å². The third kappa shape index (κ3) is 2.56. The maximum absolute atomic E-state index is 3.53. The molecule has 0 fully saturated rings. The van der Waals surface area contributed by atoms with E-state index in [0.717, 1.165) is 13.1 Å². The zero-order valence-corrected chi connectivity index (χ0v) is 12.4. The molecular weight excluding hydrogens is 256 g/mol. The summed E-state index contributed by atoms with van der Waals surface area (Å²) in [5.41, 5.74) is 5.90. The standard InChI is InChI=1S/C19H22N2/c1-2-6-16-13-21(12-10-15(16)5-1)14-17-9-11-20-19-8-4-3-7-18(17)19/h1-8,17,20H,9-14H2. The van der Waals surface area contributed by atoms with Gasteiger partial charge in [-0.25, -0.2) is 0 Å². The largest absolute Gasteiger partial charge is 0.385 e. The van der Waals surface area contributed by atoms with Crippen LogP contribution in [0.3, 0.4) is 0 Å². The zero-order chi connectivity index (χ0) is 14.1. The minimum absolute atomic E-state index is 0.674. The number of nitrogens with one attached hydrogen (secondary N) is 1. The first-order chi connectivity index (χ1) is 10.4. The van der Waals surface area contributed by atoms with Crippen molar-refractivity contribution in [1.29, 1.82) is 0 Å². The molecule has 2 aliphatic heterocycles. The molecular formula is C19H22N2. The molecule has 0 saturated heterocycles. The number of anilines is 1. The van der Waals surface area contributed by atoms with Crippen molar-refractivity contribution in [2.75, 3.05) is 25.0 Å². The molecule has 4 rings (SSSR count). The van der Waals surface area contributed by atoms with E-state index in [-0.39, 0.29) is 0 Å². The van der Waals surface area contributed by atoms with E-state index in [4.69, 9.17) is 0 Å². The molecule has 1 unspecified atom stereocenters. The molecule has 2 nitrogen and oxygen atoms in total. The Bertz CT molecular complexity index is 635. The highest BCUT2D eigenvalue weighted by Crippen LogP contribution is 2.32. The Hall–Kier alpha value is -1.80. The maximum atomic E-state index is 3.53. The number of hydrogen-bond acceptors (Lipinski definition) is 2. The maximum Gasteiger partial charge on any atom is 0.0376 e. The monoisotopic (exact) mass is 278 g/mol. The van der Waals surface area contributed by atoms with Crippen LogP contribution in [0.1, 0.15) is 29.0 Å². The van der Waals surface area contributed by atoms with Crippen LogP contribution >= 0.6 is 0 Å². The van der Waals surface area contributed by atoms with Crippen molar-refractivity contribution in [2.45, 2.75) is 25.3 Å². The Morgan fingerprint density at radius 1 is 1.00 bits per heavy atom. The molecule has 108 valence electrons. The zero-order valence-electron chi connectivity index (χ0n) is 12.4. The fourth-order valence-corrected chi connectivity index (χ4v) is 3.76. The molecule has 0 amide bonds. The smallest absolute Gasteiger partial charge is 0.0376 e. The van der Waals surface area contributed by atoms with Crippen LogP contribution in [0.15, 0.2) is 48.5 Å². The van der Waals surface area contributed by atoms with E-state index < -0.39 is 0 Å². The van der Waals surface area contributed by atoms with Gasteiger partial charge in [0.1, 0.15) is 0 Å². The van der Waals surface area contributed by atoms with Crippen LogP contribution in [0.5, 0.6) is 0 Å². The summed E-state index contributed by atoms with van der Waals surface area (Å²) in [6, 6.07) is 17.7. The minimum atomic E-state index is 0.674. The summed E-state index contributed by atoms with van der Waals surface area (Å²) in [5, 5.41) is 3.53. The van der Waals surface area contributed by atoms with Gasteiger partial charge >= 0.3 is 0 Å². The predicted molar refractivity (Wildman–Crippen MR) is 87.7 cm³/mol. The first-order valence-electron chi connectivity index (χ1n) is 8.02. The molecule has 0 aliphatic carbocycles. The van der Waals surface area contributed by atoms with Crippen LogP contribution < -0.4 is 5.32 Å². The molecule has 0 radical (unpaired) electrons.